The zero-order chi connectivity index (χ0) is 28.9. The fourth-order valence-corrected chi connectivity index (χ4v) is 3.80. The molecule has 1 heterocycles. The molecule has 0 aliphatic heterocycles. The summed E-state index contributed by atoms with van der Waals surface area (Å²) < 4.78 is 58.3. The molecule has 0 saturated carbocycles. The predicted octanol–water partition coefficient (Wildman–Crippen LogP) is 4.50. The van der Waals surface area contributed by atoms with Gasteiger partial charge in [0, 0.05) is 41.5 Å². The first-order chi connectivity index (χ1) is 18.3. The fraction of sp³-hybridized carbons (Fsp3) is 0.240. The lowest BCUT2D eigenvalue weighted by Crippen LogP contribution is -2.33. The molecule has 39 heavy (non-hydrogen) atoms. The maximum absolute atomic E-state index is 14.3. The molecule has 2 amide bonds. The second-order valence-corrected chi connectivity index (χ2v) is 8.97. The second kappa shape index (κ2) is 12.6. The Hall–Kier alpha value is -3.45. The van der Waals surface area contributed by atoms with Gasteiger partial charge in [0.2, 0.25) is 0 Å². The molecule has 1 unspecified atom stereocenters. The molecule has 8 nitrogen and oxygen atoms in total. The number of anilines is 1. The van der Waals surface area contributed by atoms with Crippen LogP contribution in [0.2, 0.25) is 10.0 Å². The van der Waals surface area contributed by atoms with E-state index in [1.807, 2.05) is 0 Å². The van der Waals surface area contributed by atoms with E-state index < -0.39 is 54.4 Å². The number of amides is 2. The molecule has 0 saturated heterocycles. The van der Waals surface area contributed by atoms with Gasteiger partial charge < -0.3 is 20.3 Å². The van der Waals surface area contributed by atoms with E-state index in [4.69, 9.17) is 33.0 Å². The van der Waals surface area contributed by atoms with Crippen LogP contribution in [0.1, 0.15) is 20.7 Å². The summed E-state index contributed by atoms with van der Waals surface area (Å²) >= 11 is 12.2. The van der Waals surface area contributed by atoms with Gasteiger partial charge in [0.05, 0.1) is 23.3 Å². The molecular weight excluding hydrogens is 569 g/mol. The number of benzene rings is 2. The van der Waals surface area contributed by atoms with E-state index in [1.165, 1.54) is 36.5 Å². The Morgan fingerprint density at radius 1 is 1.15 bits per heavy atom. The average Bonchev–Trinajstić information content (AvgIpc) is 2.89. The number of alkyl halides is 3. The summed E-state index contributed by atoms with van der Waals surface area (Å²) in [5, 5.41) is 20.6. The number of hydrogen-bond donors (Lipinski definition) is 3. The molecule has 3 rings (SSSR count). The monoisotopic (exact) mass is 589 g/mol. The predicted molar refractivity (Wildman–Crippen MR) is 136 cm³/mol. The minimum Gasteiger partial charge on any atom is -0.480 e. The van der Waals surface area contributed by atoms with Crippen LogP contribution >= 0.6 is 23.2 Å². The molecule has 0 radical (unpaired) electrons. The summed E-state index contributed by atoms with van der Waals surface area (Å²) in [5.74, 6) is -3.40. The summed E-state index contributed by atoms with van der Waals surface area (Å²) in [6, 6.07) is 8.78. The number of aliphatic hydroxyl groups is 2. The summed E-state index contributed by atoms with van der Waals surface area (Å²) in [6.45, 7) is -2.52. The summed E-state index contributed by atoms with van der Waals surface area (Å²) in [7, 11) is 1.16. The van der Waals surface area contributed by atoms with Crippen molar-refractivity contribution in [3.8, 4) is 16.9 Å². The number of pyridine rings is 1. The number of ether oxygens (including phenoxy) is 1. The number of carbonyl (C=O) groups is 2. The third-order valence-corrected chi connectivity index (χ3v) is 5.92. The molecule has 0 spiro atoms. The highest BCUT2D eigenvalue weighted by Crippen LogP contribution is 2.36. The van der Waals surface area contributed by atoms with Crippen molar-refractivity contribution in [2.24, 2.45) is 0 Å². The standard InChI is InChI=1S/C25H21Cl2F4N3O5/c1-34(24(38)21-18(27)3-2-4-19(21)28)22-20(39-12-25(29,30)31)8-14(9-32-22)16-7-13(5-6-17(16)26)23(37)33-10-15(36)11-35/h2-9,15,35-36H,10-12H2,1H3,(H,33,37). The van der Waals surface area contributed by atoms with Crippen LogP contribution in [0.3, 0.4) is 0 Å². The number of nitrogens with one attached hydrogen (secondary N) is 1. The largest absolute Gasteiger partial charge is 0.480 e. The lowest BCUT2D eigenvalue weighted by atomic mass is 10.0. The molecule has 0 aliphatic rings. The van der Waals surface area contributed by atoms with Crippen molar-refractivity contribution in [1.29, 1.82) is 0 Å². The van der Waals surface area contributed by atoms with Gasteiger partial charge in [0.1, 0.15) is 5.82 Å². The SMILES string of the molecule is CN(C(=O)c1c(F)cccc1Cl)c1ncc(-c2cc(C(=O)NCC(O)CO)ccc2Cl)cc1OCC(F)(F)F. The van der Waals surface area contributed by atoms with Crippen molar-refractivity contribution in [3.63, 3.8) is 0 Å². The normalized spacial score (nSPS) is 12.1. The Morgan fingerprint density at radius 3 is 2.51 bits per heavy atom. The van der Waals surface area contributed by atoms with Gasteiger partial charge >= 0.3 is 6.18 Å². The molecule has 1 atom stereocenters. The van der Waals surface area contributed by atoms with E-state index in [0.717, 1.165) is 24.1 Å². The van der Waals surface area contributed by atoms with Crippen LogP contribution in [0.15, 0.2) is 48.7 Å². The van der Waals surface area contributed by atoms with Crippen LogP contribution < -0.4 is 15.0 Å². The smallest absolute Gasteiger partial charge is 0.422 e. The number of carbonyl (C=O) groups excluding carboxylic acids is 2. The molecule has 3 aromatic rings. The first-order valence-electron chi connectivity index (χ1n) is 11.1. The molecule has 0 aliphatic carbocycles. The van der Waals surface area contributed by atoms with Gasteiger partial charge in [-0.1, -0.05) is 29.3 Å². The molecule has 0 fully saturated rings. The molecular formula is C25H21Cl2F4N3O5. The minimum absolute atomic E-state index is 0.0860. The molecule has 14 heteroatoms. The van der Waals surface area contributed by atoms with Crippen LogP contribution in [-0.4, -0.2) is 66.1 Å². The maximum Gasteiger partial charge on any atom is 0.422 e. The zero-order valence-electron chi connectivity index (χ0n) is 20.1. The van der Waals surface area contributed by atoms with Gasteiger partial charge in [0.15, 0.2) is 18.2 Å². The maximum atomic E-state index is 14.3. The van der Waals surface area contributed by atoms with Crippen molar-refractivity contribution in [2.45, 2.75) is 12.3 Å². The number of hydrogen-bond acceptors (Lipinski definition) is 6. The van der Waals surface area contributed by atoms with E-state index in [2.05, 4.69) is 10.3 Å². The van der Waals surface area contributed by atoms with Crippen molar-refractivity contribution in [1.82, 2.24) is 10.3 Å². The first-order valence-corrected chi connectivity index (χ1v) is 11.9. The van der Waals surface area contributed by atoms with Crippen LogP contribution in [0.5, 0.6) is 5.75 Å². The van der Waals surface area contributed by atoms with E-state index in [0.29, 0.717) is 0 Å². The highest BCUT2D eigenvalue weighted by molar-refractivity contribution is 6.34. The molecule has 3 N–H and O–H groups in total. The fourth-order valence-electron chi connectivity index (χ4n) is 3.33. The first kappa shape index (κ1) is 30.1. The number of halogens is 6. The second-order valence-electron chi connectivity index (χ2n) is 8.15. The number of aromatic nitrogens is 1. The average molecular weight is 590 g/mol. The summed E-state index contributed by atoms with van der Waals surface area (Å²) in [6.07, 6.45) is -4.73. The number of nitrogens with zero attached hydrogens (tertiary/aromatic N) is 2. The molecule has 0 bridgehead atoms. The number of rotatable bonds is 9. The van der Waals surface area contributed by atoms with E-state index in [9.17, 15) is 32.3 Å². The van der Waals surface area contributed by atoms with Crippen LogP contribution in [0, 0.1) is 5.82 Å². The lowest BCUT2D eigenvalue weighted by molar-refractivity contribution is -0.153. The molecule has 2 aromatic carbocycles. The highest BCUT2D eigenvalue weighted by Gasteiger charge is 2.31. The van der Waals surface area contributed by atoms with Crippen molar-refractivity contribution < 1.29 is 42.1 Å². The van der Waals surface area contributed by atoms with Crippen molar-refractivity contribution >= 4 is 40.8 Å². The Morgan fingerprint density at radius 2 is 1.87 bits per heavy atom. The Kier molecular flexibility index (Phi) is 9.73. The van der Waals surface area contributed by atoms with Gasteiger partial charge in [-0.15, -0.1) is 0 Å². The lowest BCUT2D eigenvalue weighted by Gasteiger charge is -2.21. The Bertz CT molecular complexity index is 1350. The third kappa shape index (κ3) is 7.57. The van der Waals surface area contributed by atoms with Crippen molar-refractivity contribution in [3.05, 3.63) is 75.7 Å². The van der Waals surface area contributed by atoms with E-state index in [-0.39, 0.29) is 39.1 Å². The van der Waals surface area contributed by atoms with Crippen molar-refractivity contribution in [2.75, 3.05) is 31.7 Å². The zero-order valence-corrected chi connectivity index (χ0v) is 21.6. The topological polar surface area (TPSA) is 112 Å². The quantitative estimate of drug-likeness (QED) is 0.317. The van der Waals surface area contributed by atoms with Gasteiger partial charge in [0.25, 0.3) is 11.8 Å². The van der Waals surface area contributed by atoms with Gasteiger partial charge in [-0.3, -0.25) is 14.5 Å². The van der Waals surface area contributed by atoms with Gasteiger partial charge in [-0.2, -0.15) is 13.2 Å². The number of aliphatic hydroxyl groups excluding tert-OH is 2. The van der Waals surface area contributed by atoms with Gasteiger partial charge in [-0.25, -0.2) is 9.37 Å². The minimum atomic E-state index is -4.74. The molecule has 1 aromatic heterocycles. The van der Waals surface area contributed by atoms with Gasteiger partial charge in [-0.05, 0) is 36.4 Å². The molecule has 208 valence electrons. The summed E-state index contributed by atoms with van der Waals surface area (Å²) in [5.41, 5.74) is -0.102. The van der Waals surface area contributed by atoms with Crippen LogP contribution in [-0.2, 0) is 0 Å². The Balaban J connectivity index is 2.02. The van der Waals surface area contributed by atoms with Crippen LogP contribution in [0.25, 0.3) is 11.1 Å². The van der Waals surface area contributed by atoms with E-state index in [1.54, 1.807) is 0 Å². The highest BCUT2D eigenvalue weighted by atomic mass is 35.5. The Labute approximate surface area is 229 Å². The summed E-state index contributed by atoms with van der Waals surface area (Å²) in [4.78, 5) is 30.3. The van der Waals surface area contributed by atoms with E-state index >= 15 is 0 Å². The third-order valence-electron chi connectivity index (χ3n) is 5.27. The van der Waals surface area contributed by atoms with Crippen LogP contribution in [0.4, 0.5) is 23.4 Å².